The third-order valence-electron chi connectivity index (χ3n) is 6.07. The number of esters is 1. The van der Waals surface area contributed by atoms with Crippen LogP contribution < -0.4 is 5.32 Å². The molecular formula is C27H23FN6O2. The quantitative estimate of drug-likeness (QED) is 0.347. The minimum Gasteiger partial charge on any atom is -0.462 e. The molecule has 9 heteroatoms. The van der Waals surface area contributed by atoms with Gasteiger partial charge in [0.15, 0.2) is 5.82 Å². The summed E-state index contributed by atoms with van der Waals surface area (Å²) in [4.78, 5) is 21.4. The van der Waals surface area contributed by atoms with Crippen molar-refractivity contribution in [2.24, 2.45) is 7.05 Å². The number of ether oxygens (including phenoxy) is 1. The zero-order valence-corrected chi connectivity index (χ0v) is 20.0. The Balaban J connectivity index is 1.73. The standard InChI is InChI=1S/C27H23FN6O2/c1-4-36-27(35)18-7-5-16(6-8-18)14-34-22(19-9-17(13-29)10-20(28)11-19)12-21-24-23(31-15-33(24)3)25(30-2)32-26(21)34/h5-12,15H,4,14H2,1-3H3,(H,30,32). The average molecular weight is 483 g/mol. The van der Waals surface area contributed by atoms with Crippen molar-refractivity contribution in [1.82, 2.24) is 19.1 Å². The molecule has 8 nitrogen and oxygen atoms in total. The summed E-state index contributed by atoms with van der Waals surface area (Å²) in [6.07, 6.45) is 1.73. The maximum Gasteiger partial charge on any atom is 0.338 e. The van der Waals surface area contributed by atoms with E-state index in [-0.39, 0.29) is 11.5 Å². The molecule has 0 radical (unpaired) electrons. The number of rotatable bonds is 6. The molecule has 0 aliphatic heterocycles. The Kier molecular flexibility index (Phi) is 5.86. The molecule has 0 saturated heterocycles. The van der Waals surface area contributed by atoms with Crippen molar-refractivity contribution in [3.8, 4) is 17.3 Å². The molecule has 0 aliphatic carbocycles. The molecule has 0 atom stereocenters. The molecule has 3 aromatic heterocycles. The number of nitriles is 1. The number of halogens is 1. The number of carbonyl (C=O) groups is 1. The molecule has 1 N–H and O–H groups in total. The number of hydrogen-bond donors (Lipinski definition) is 1. The largest absolute Gasteiger partial charge is 0.462 e. The van der Waals surface area contributed by atoms with Gasteiger partial charge in [-0.2, -0.15) is 5.26 Å². The maximum atomic E-state index is 14.4. The molecule has 3 heterocycles. The second kappa shape index (κ2) is 9.15. The molecule has 0 spiro atoms. The summed E-state index contributed by atoms with van der Waals surface area (Å²) in [5, 5.41) is 13.4. The third-order valence-corrected chi connectivity index (χ3v) is 6.07. The van der Waals surface area contributed by atoms with Crippen LogP contribution in [0.2, 0.25) is 0 Å². The molecule has 0 unspecified atom stereocenters. The zero-order chi connectivity index (χ0) is 25.4. The molecule has 0 saturated carbocycles. The minimum absolute atomic E-state index is 0.232. The van der Waals surface area contributed by atoms with Crippen LogP contribution >= 0.6 is 0 Å². The smallest absolute Gasteiger partial charge is 0.338 e. The number of hydrogen-bond acceptors (Lipinski definition) is 6. The lowest BCUT2D eigenvalue weighted by Crippen LogP contribution is -2.07. The maximum absolute atomic E-state index is 14.4. The first-order chi connectivity index (χ1) is 17.4. The summed E-state index contributed by atoms with van der Waals surface area (Å²) in [7, 11) is 3.70. The number of imidazole rings is 1. The summed E-state index contributed by atoms with van der Waals surface area (Å²) in [5.74, 6) is -0.244. The summed E-state index contributed by atoms with van der Waals surface area (Å²) < 4.78 is 23.4. The SMILES string of the molecule is CCOC(=O)c1ccc(Cn2c(-c3cc(F)cc(C#N)c3)cc3c4c(ncn4C)c(NC)nc32)cc1. The Morgan fingerprint density at radius 1 is 1.19 bits per heavy atom. The van der Waals surface area contributed by atoms with E-state index < -0.39 is 5.82 Å². The van der Waals surface area contributed by atoms with E-state index in [1.165, 1.54) is 12.1 Å². The molecule has 2 aromatic carbocycles. The minimum atomic E-state index is -0.491. The highest BCUT2D eigenvalue weighted by atomic mass is 19.1. The second-order valence-corrected chi connectivity index (χ2v) is 8.37. The molecule has 180 valence electrons. The Morgan fingerprint density at radius 2 is 1.97 bits per heavy atom. The van der Waals surface area contributed by atoms with Crippen LogP contribution in [0.25, 0.3) is 33.3 Å². The predicted molar refractivity (Wildman–Crippen MR) is 135 cm³/mol. The fourth-order valence-corrected chi connectivity index (χ4v) is 4.43. The molecule has 0 aliphatic rings. The topological polar surface area (TPSA) is 97.8 Å². The third kappa shape index (κ3) is 3.92. The number of fused-ring (bicyclic) bond motifs is 3. The van der Waals surface area contributed by atoms with Gasteiger partial charge in [0.05, 0.1) is 41.3 Å². The number of aromatic nitrogens is 4. The summed E-state index contributed by atoms with van der Waals surface area (Å²) in [6, 6.07) is 15.4. The van der Waals surface area contributed by atoms with E-state index >= 15 is 0 Å². The van der Waals surface area contributed by atoms with Gasteiger partial charge >= 0.3 is 5.97 Å². The van der Waals surface area contributed by atoms with E-state index in [0.717, 1.165) is 22.0 Å². The highest BCUT2D eigenvalue weighted by Gasteiger charge is 2.20. The summed E-state index contributed by atoms with van der Waals surface area (Å²) >= 11 is 0. The lowest BCUT2D eigenvalue weighted by Gasteiger charge is -2.13. The first kappa shape index (κ1) is 23.1. The Labute approximate surface area is 206 Å². The van der Waals surface area contributed by atoms with E-state index in [0.29, 0.717) is 41.4 Å². The Bertz CT molecular complexity index is 1660. The zero-order valence-electron chi connectivity index (χ0n) is 20.0. The fourth-order valence-electron chi connectivity index (χ4n) is 4.43. The van der Waals surface area contributed by atoms with Crippen molar-refractivity contribution in [3.63, 3.8) is 0 Å². The monoisotopic (exact) mass is 482 g/mol. The van der Waals surface area contributed by atoms with Crippen LogP contribution in [0.4, 0.5) is 10.2 Å². The van der Waals surface area contributed by atoms with Gasteiger partial charge in [0.1, 0.15) is 17.0 Å². The van der Waals surface area contributed by atoms with Gasteiger partial charge in [-0.3, -0.25) is 0 Å². The Morgan fingerprint density at radius 3 is 2.67 bits per heavy atom. The lowest BCUT2D eigenvalue weighted by atomic mass is 10.1. The number of aryl methyl sites for hydroxylation is 1. The van der Waals surface area contributed by atoms with Gasteiger partial charge in [-0.15, -0.1) is 0 Å². The number of carbonyl (C=O) groups excluding carboxylic acids is 1. The number of nitrogens with zero attached hydrogens (tertiary/aromatic N) is 5. The van der Waals surface area contributed by atoms with Gasteiger partial charge in [0.2, 0.25) is 0 Å². The van der Waals surface area contributed by atoms with E-state index in [9.17, 15) is 14.4 Å². The van der Waals surface area contributed by atoms with Crippen molar-refractivity contribution >= 4 is 33.9 Å². The van der Waals surface area contributed by atoms with Gasteiger partial charge in [-0.05, 0) is 48.9 Å². The molecule has 5 rings (SSSR count). The summed E-state index contributed by atoms with van der Waals surface area (Å²) in [5.41, 5.74) is 5.18. The Hall–Kier alpha value is -4.71. The molecule has 5 aromatic rings. The summed E-state index contributed by atoms with van der Waals surface area (Å²) in [6.45, 7) is 2.47. The highest BCUT2D eigenvalue weighted by molar-refractivity contribution is 6.08. The van der Waals surface area contributed by atoms with Crippen LogP contribution in [0.5, 0.6) is 0 Å². The molecule has 0 bridgehead atoms. The van der Waals surface area contributed by atoms with Gasteiger partial charge < -0.3 is 19.2 Å². The van der Waals surface area contributed by atoms with E-state index in [2.05, 4.69) is 10.3 Å². The molecule has 0 amide bonds. The van der Waals surface area contributed by atoms with Crippen LogP contribution in [-0.2, 0) is 18.3 Å². The number of anilines is 1. The van der Waals surface area contributed by atoms with Crippen LogP contribution in [0.3, 0.4) is 0 Å². The average Bonchev–Trinajstić information content (AvgIpc) is 3.44. The van der Waals surface area contributed by atoms with Gasteiger partial charge in [0, 0.05) is 31.6 Å². The van der Waals surface area contributed by atoms with Crippen LogP contribution in [0.15, 0.2) is 54.9 Å². The first-order valence-electron chi connectivity index (χ1n) is 11.4. The second-order valence-electron chi connectivity index (χ2n) is 8.37. The van der Waals surface area contributed by atoms with Crippen LogP contribution in [0, 0.1) is 17.1 Å². The van der Waals surface area contributed by atoms with E-state index in [1.54, 1.807) is 38.5 Å². The first-order valence-corrected chi connectivity index (χ1v) is 11.4. The van der Waals surface area contributed by atoms with Crippen molar-refractivity contribution in [3.05, 3.63) is 77.4 Å². The lowest BCUT2D eigenvalue weighted by molar-refractivity contribution is 0.0526. The normalized spacial score (nSPS) is 11.1. The predicted octanol–water partition coefficient (Wildman–Crippen LogP) is 4.87. The van der Waals surface area contributed by atoms with Crippen molar-refractivity contribution in [1.29, 1.82) is 5.26 Å². The van der Waals surface area contributed by atoms with E-state index in [4.69, 9.17) is 9.72 Å². The number of pyridine rings is 1. The van der Waals surface area contributed by atoms with Crippen molar-refractivity contribution < 1.29 is 13.9 Å². The number of benzene rings is 2. The highest BCUT2D eigenvalue weighted by Crippen LogP contribution is 2.35. The van der Waals surface area contributed by atoms with Crippen molar-refractivity contribution in [2.75, 3.05) is 19.0 Å². The fraction of sp³-hybridized carbons (Fsp3) is 0.185. The van der Waals surface area contributed by atoms with Gasteiger partial charge in [0.25, 0.3) is 0 Å². The van der Waals surface area contributed by atoms with E-state index in [1.807, 2.05) is 40.5 Å². The molecular weight excluding hydrogens is 459 g/mol. The van der Waals surface area contributed by atoms with Crippen LogP contribution in [0.1, 0.15) is 28.4 Å². The van der Waals surface area contributed by atoms with Gasteiger partial charge in [-0.25, -0.2) is 19.2 Å². The van der Waals surface area contributed by atoms with Crippen LogP contribution in [-0.4, -0.2) is 38.7 Å². The number of nitrogens with one attached hydrogen (secondary N) is 1. The van der Waals surface area contributed by atoms with Gasteiger partial charge in [-0.1, -0.05) is 12.1 Å². The molecule has 36 heavy (non-hydrogen) atoms. The van der Waals surface area contributed by atoms with Crippen molar-refractivity contribution in [2.45, 2.75) is 13.5 Å². The molecule has 0 fully saturated rings.